The van der Waals surface area contributed by atoms with E-state index in [0.717, 1.165) is 6.08 Å². The number of rotatable bonds is 24. The molecule has 0 fully saturated rings. The zero-order valence-electron chi connectivity index (χ0n) is 34.9. The van der Waals surface area contributed by atoms with Crippen molar-refractivity contribution in [3.05, 3.63) is 6.08 Å². The molecule has 54 heavy (non-hydrogen) atoms. The Hall–Kier alpha value is -3.40. The summed E-state index contributed by atoms with van der Waals surface area (Å²) in [6.45, 7) is 21.4. The number of hydrogen-bond acceptors (Lipinski definition) is 14. The van der Waals surface area contributed by atoms with E-state index in [1.807, 2.05) is 0 Å². The molecule has 0 aliphatic heterocycles. The first-order chi connectivity index (χ1) is 24.6. The van der Waals surface area contributed by atoms with Gasteiger partial charge in [0.25, 0.3) is 0 Å². The second kappa shape index (κ2) is 22.9. The molecule has 2 unspecified atom stereocenters. The molecular formula is C38H70N5O11+. The van der Waals surface area contributed by atoms with Gasteiger partial charge in [-0.05, 0) is 109 Å². The van der Waals surface area contributed by atoms with Gasteiger partial charge in [-0.1, -0.05) is 0 Å². The molecule has 16 nitrogen and oxygen atoms in total. The number of nitrogens with zero attached hydrogens (tertiary/aromatic N) is 2. The monoisotopic (exact) mass is 773 g/mol. The lowest BCUT2D eigenvalue weighted by Crippen LogP contribution is -2.68. The molecule has 0 spiro atoms. The van der Waals surface area contributed by atoms with Crippen LogP contribution in [-0.4, -0.2) is 138 Å². The van der Waals surface area contributed by atoms with E-state index in [1.54, 1.807) is 93.9 Å². The number of carboxylic acids is 1. The molecule has 3 atom stereocenters. The summed E-state index contributed by atoms with van der Waals surface area (Å²) < 4.78 is 21.7. The Morgan fingerprint density at radius 3 is 1.81 bits per heavy atom. The molecule has 0 aromatic carbocycles. The minimum Gasteiger partial charge on any atom is -0.480 e. The molecule has 0 heterocycles. The Kier molecular flexibility index (Phi) is 21.4. The first-order valence-corrected chi connectivity index (χ1v) is 18.7. The minimum absolute atomic E-state index is 0.0386. The van der Waals surface area contributed by atoms with E-state index in [1.165, 1.54) is 0 Å². The highest BCUT2D eigenvalue weighted by Gasteiger charge is 2.42. The van der Waals surface area contributed by atoms with Crippen molar-refractivity contribution in [2.75, 3.05) is 58.9 Å². The standard InChI is InChI=1S/C38H69N5O11/c1-35(2,3)51-30(45)16-21-42(25-31(46)52-36(4,5)6)22-19-40-20-23-43(27-32(47)53-37(7,8)9,41-29(33(48)49)15-13-14-18-39)26-28(17-24-44)34(50)54-38(10,11)12/h17,28-29,40-41H,13-16,18-23,25-27,39H2,1-12H3/p+1/t28?,29-,43?/m0/s1. The van der Waals surface area contributed by atoms with Crippen LogP contribution in [0.2, 0.25) is 0 Å². The van der Waals surface area contributed by atoms with E-state index >= 15 is 0 Å². The lowest BCUT2D eigenvalue weighted by Gasteiger charge is -2.41. The van der Waals surface area contributed by atoms with Crippen LogP contribution in [0.5, 0.6) is 0 Å². The van der Waals surface area contributed by atoms with Crippen LogP contribution in [0.15, 0.2) is 6.08 Å². The summed E-state index contributed by atoms with van der Waals surface area (Å²) in [5, 5.41) is 13.5. The summed E-state index contributed by atoms with van der Waals surface area (Å²) >= 11 is 0. The van der Waals surface area contributed by atoms with Crippen molar-refractivity contribution in [2.45, 2.75) is 137 Å². The highest BCUT2D eigenvalue weighted by atomic mass is 16.6. The number of esters is 4. The first-order valence-electron chi connectivity index (χ1n) is 18.7. The Balaban J connectivity index is 6.54. The summed E-state index contributed by atoms with van der Waals surface area (Å²) in [5.41, 5.74) is 5.65. The Morgan fingerprint density at radius 1 is 0.778 bits per heavy atom. The number of quaternary nitrogens is 1. The zero-order chi connectivity index (χ0) is 42.0. The van der Waals surface area contributed by atoms with Crippen LogP contribution < -0.4 is 16.5 Å². The number of carbonyl (C=O) groups excluding carboxylic acids is 5. The molecule has 0 aliphatic rings. The summed E-state index contributed by atoms with van der Waals surface area (Å²) in [5.74, 6) is -2.99. The van der Waals surface area contributed by atoms with Crippen LogP contribution in [0.25, 0.3) is 0 Å². The van der Waals surface area contributed by atoms with Gasteiger partial charge in [-0.15, -0.1) is 0 Å². The van der Waals surface area contributed by atoms with Gasteiger partial charge in [0.05, 0.1) is 13.0 Å². The van der Waals surface area contributed by atoms with Gasteiger partial charge < -0.3 is 35.1 Å². The van der Waals surface area contributed by atoms with E-state index < -0.39 is 75.3 Å². The van der Waals surface area contributed by atoms with Crippen LogP contribution in [0.3, 0.4) is 0 Å². The third-order valence-electron chi connectivity index (χ3n) is 7.20. The number of nitrogens with one attached hydrogen (secondary N) is 2. The quantitative estimate of drug-likeness (QED) is 0.0277. The fraction of sp³-hybridized carbons (Fsp3) is 0.816. The van der Waals surface area contributed by atoms with Crippen molar-refractivity contribution in [1.82, 2.24) is 15.6 Å². The van der Waals surface area contributed by atoms with E-state index in [-0.39, 0.29) is 45.6 Å². The fourth-order valence-corrected chi connectivity index (χ4v) is 5.24. The van der Waals surface area contributed by atoms with E-state index in [0.29, 0.717) is 32.5 Å². The number of unbranched alkanes of at least 4 members (excludes halogenated alkanes) is 1. The zero-order valence-corrected chi connectivity index (χ0v) is 34.9. The van der Waals surface area contributed by atoms with Gasteiger partial charge in [-0.25, -0.2) is 14.2 Å². The Labute approximate surface area is 322 Å². The number of ether oxygens (including phenoxy) is 4. The largest absolute Gasteiger partial charge is 0.480 e. The summed E-state index contributed by atoms with van der Waals surface area (Å²) in [7, 11) is 0. The molecule has 312 valence electrons. The molecule has 0 aromatic rings. The second-order valence-electron chi connectivity index (χ2n) is 17.5. The Bertz CT molecular complexity index is 1260. The first kappa shape index (κ1) is 50.6. The van der Waals surface area contributed by atoms with Gasteiger partial charge >= 0.3 is 29.8 Å². The van der Waals surface area contributed by atoms with Crippen LogP contribution in [0, 0.1) is 5.92 Å². The van der Waals surface area contributed by atoms with Gasteiger partial charge in [0.1, 0.15) is 47.4 Å². The topological polar surface area (TPSA) is 213 Å². The maximum atomic E-state index is 13.5. The van der Waals surface area contributed by atoms with Crippen molar-refractivity contribution in [2.24, 2.45) is 11.7 Å². The van der Waals surface area contributed by atoms with Crippen molar-refractivity contribution in [1.29, 1.82) is 0 Å². The van der Waals surface area contributed by atoms with Gasteiger partial charge in [-0.3, -0.25) is 24.1 Å². The number of carboxylic acid groups (broad SMARTS) is 1. The molecule has 0 amide bonds. The molecule has 5 N–H and O–H groups in total. The van der Waals surface area contributed by atoms with E-state index in [2.05, 4.69) is 10.7 Å². The van der Waals surface area contributed by atoms with Gasteiger partial charge in [0.2, 0.25) is 0 Å². The summed E-state index contributed by atoms with van der Waals surface area (Å²) in [6, 6.07) is -1.16. The van der Waals surface area contributed by atoms with Crippen molar-refractivity contribution >= 4 is 35.8 Å². The normalized spacial score (nSPS) is 14.6. The maximum absolute atomic E-state index is 13.5. The van der Waals surface area contributed by atoms with E-state index in [9.17, 15) is 33.9 Å². The molecule has 0 aliphatic carbocycles. The smallest absolute Gasteiger partial charge is 0.364 e. The molecule has 16 heteroatoms. The fourth-order valence-electron chi connectivity index (χ4n) is 5.24. The maximum Gasteiger partial charge on any atom is 0.364 e. The summed E-state index contributed by atoms with van der Waals surface area (Å²) in [4.78, 5) is 78.0. The molecule has 0 bridgehead atoms. The molecular weight excluding hydrogens is 702 g/mol. The predicted octanol–water partition coefficient (Wildman–Crippen LogP) is 2.54. The van der Waals surface area contributed by atoms with Crippen LogP contribution in [0.1, 0.15) is 109 Å². The molecule has 0 saturated heterocycles. The predicted molar refractivity (Wildman–Crippen MR) is 203 cm³/mol. The van der Waals surface area contributed by atoms with Crippen molar-refractivity contribution < 1.29 is 57.4 Å². The molecule has 0 rings (SSSR count). The minimum atomic E-state index is -1.20. The average Bonchev–Trinajstić information content (AvgIpc) is 2.95. The number of nitrogens with two attached hydrogens (primary N) is 1. The van der Waals surface area contributed by atoms with Gasteiger partial charge in [0, 0.05) is 32.3 Å². The van der Waals surface area contributed by atoms with E-state index in [4.69, 9.17) is 24.7 Å². The van der Waals surface area contributed by atoms with Gasteiger partial charge in [0.15, 0.2) is 12.6 Å². The second-order valence-corrected chi connectivity index (χ2v) is 17.5. The van der Waals surface area contributed by atoms with Crippen molar-refractivity contribution in [3.8, 4) is 0 Å². The lowest BCUT2D eigenvalue weighted by atomic mass is 10.1. The van der Waals surface area contributed by atoms with Crippen LogP contribution in [-0.2, 0) is 47.7 Å². The van der Waals surface area contributed by atoms with Gasteiger partial charge in [-0.2, -0.15) is 5.43 Å². The SMILES string of the molecule is CC(C)(C)OC(=O)CCN(CCNCC[N+](CC(=O)OC(C)(C)C)(CC(C=C=O)C(=O)OC(C)(C)C)N[C@@H](CCCCN)C(=O)O)CC(=O)OC(C)(C)C. The van der Waals surface area contributed by atoms with Crippen LogP contribution >= 0.6 is 0 Å². The molecule has 0 saturated carbocycles. The highest BCUT2D eigenvalue weighted by Crippen LogP contribution is 2.19. The third-order valence-corrected chi connectivity index (χ3v) is 7.20. The third kappa shape index (κ3) is 25.6. The molecule has 0 radical (unpaired) electrons. The number of aliphatic carboxylic acids is 1. The number of hydrogen-bond donors (Lipinski definition) is 4. The summed E-state index contributed by atoms with van der Waals surface area (Å²) in [6.07, 6.45) is 2.27. The van der Waals surface area contributed by atoms with Crippen molar-refractivity contribution in [3.63, 3.8) is 0 Å². The molecule has 0 aromatic heterocycles. The average molecular weight is 773 g/mol. The number of carbonyl (C=O) groups is 5. The Morgan fingerprint density at radius 2 is 1.31 bits per heavy atom. The van der Waals surface area contributed by atoms with Crippen LogP contribution in [0.4, 0.5) is 0 Å². The highest BCUT2D eigenvalue weighted by molar-refractivity contribution is 5.77. The lowest BCUT2D eigenvalue weighted by molar-refractivity contribution is -0.965.